The highest BCUT2D eigenvalue weighted by atomic mass is 35.5. The van der Waals surface area contributed by atoms with Crippen LogP contribution in [0.4, 0.5) is 26.2 Å². The van der Waals surface area contributed by atoms with Crippen LogP contribution in [-0.2, 0) is 9.53 Å². The topological polar surface area (TPSA) is 136 Å². The molecule has 0 unspecified atom stereocenters. The summed E-state index contributed by atoms with van der Waals surface area (Å²) in [6.07, 6.45) is 1.06. The van der Waals surface area contributed by atoms with Crippen molar-refractivity contribution in [3.8, 4) is 5.69 Å². The molecule has 13 heteroatoms. The predicted octanol–water partition coefficient (Wildman–Crippen LogP) is 3.80. The zero-order valence-electron chi connectivity index (χ0n) is 19.4. The molecule has 0 radical (unpaired) electrons. The zero-order chi connectivity index (χ0) is 26.7. The van der Waals surface area contributed by atoms with Crippen molar-refractivity contribution in [3.63, 3.8) is 0 Å². The van der Waals surface area contributed by atoms with Gasteiger partial charge in [0.15, 0.2) is 0 Å². The fourth-order valence-electron chi connectivity index (χ4n) is 3.97. The SMILES string of the molecule is CO[C@@H]1C[C@H](C(=O)Nc2ccc(-n3cccc([N+](=O)[O-])c3=O)cc2F)N(C(=O)Nc2ccc(Cl)cc2)C1. The minimum atomic E-state index is -0.948. The molecule has 0 spiro atoms. The number of urea groups is 1. The first kappa shape index (κ1) is 25.8. The molecule has 2 N–H and O–H groups in total. The van der Waals surface area contributed by atoms with Gasteiger partial charge in [-0.1, -0.05) is 11.6 Å². The lowest BCUT2D eigenvalue weighted by Crippen LogP contribution is -2.45. The summed E-state index contributed by atoms with van der Waals surface area (Å²) in [4.78, 5) is 49.8. The maximum Gasteiger partial charge on any atom is 0.334 e. The average Bonchev–Trinajstić information content (AvgIpc) is 3.32. The minimum Gasteiger partial charge on any atom is -0.380 e. The number of carbonyl (C=O) groups is 2. The van der Waals surface area contributed by atoms with Gasteiger partial charge in [0.05, 0.1) is 22.4 Å². The Labute approximate surface area is 214 Å². The normalized spacial score (nSPS) is 16.9. The largest absolute Gasteiger partial charge is 0.380 e. The Kier molecular flexibility index (Phi) is 7.50. The molecule has 2 atom stereocenters. The average molecular weight is 530 g/mol. The van der Waals surface area contributed by atoms with E-state index in [-0.39, 0.29) is 24.3 Å². The number of benzene rings is 2. The molecule has 1 fully saturated rings. The molecule has 0 bridgehead atoms. The van der Waals surface area contributed by atoms with Crippen LogP contribution in [0.1, 0.15) is 6.42 Å². The fourth-order valence-corrected chi connectivity index (χ4v) is 4.09. The first-order valence-corrected chi connectivity index (χ1v) is 11.4. The third-order valence-corrected chi connectivity index (χ3v) is 6.12. The predicted molar refractivity (Wildman–Crippen MR) is 134 cm³/mol. The number of nitrogens with zero attached hydrogens (tertiary/aromatic N) is 3. The van der Waals surface area contributed by atoms with Gasteiger partial charge in [0.2, 0.25) is 5.91 Å². The van der Waals surface area contributed by atoms with E-state index in [0.29, 0.717) is 10.7 Å². The summed E-state index contributed by atoms with van der Waals surface area (Å²) in [6.45, 7) is 0.144. The van der Waals surface area contributed by atoms with Crippen molar-refractivity contribution in [1.29, 1.82) is 0 Å². The second-order valence-electron chi connectivity index (χ2n) is 8.18. The van der Waals surface area contributed by atoms with E-state index in [4.69, 9.17) is 16.3 Å². The van der Waals surface area contributed by atoms with Crippen LogP contribution < -0.4 is 16.2 Å². The van der Waals surface area contributed by atoms with Gasteiger partial charge in [-0.05, 0) is 42.5 Å². The third kappa shape index (κ3) is 5.60. The van der Waals surface area contributed by atoms with Crippen molar-refractivity contribution in [2.75, 3.05) is 24.3 Å². The van der Waals surface area contributed by atoms with Crippen molar-refractivity contribution >= 4 is 40.6 Å². The number of ether oxygens (including phenoxy) is 1. The number of anilines is 2. The highest BCUT2D eigenvalue weighted by Gasteiger charge is 2.40. The van der Waals surface area contributed by atoms with E-state index in [1.54, 1.807) is 24.3 Å². The van der Waals surface area contributed by atoms with Crippen LogP contribution in [0.15, 0.2) is 65.6 Å². The van der Waals surface area contributed by atoms with Crippen molar-refractivity contribution in [2.45, 2.75) is 18.6 Å². The fraction of sp³-hybridized carbons (Fsp3) is 0.208. The summed E-state index contributed by atoms with van der Waals surface area (Å²) >= 11 is 5.87. The third-order valence-electron chi connectivity index (χ3n) is 5.87. The first-order chi connectivity index (χ1) is 17.7. The Bertz CT molecular complexity index is 1410. The molecule has 1 aliphatic rings. The Balaban J connectivity index is 1.52. The molecule has 1 aliphatic heterocycles. The highest BCUT2D eigenvalue weighted by Crippen LogP contribution is 2.25. The maximum absolute atomic E-state index is 14.9. The van der Waals surface area contributed by atoms with Crippen molar-refractivity contribution in [1.82, 2.24) is 9.47 Å². The number of pyridine rings is 1. The van der Waals surface area contributed by atoms with Crippen LogP contribution in [0.2, 0.25) is 5.02 Å². The number of nitrogens with one attached hydrogen (secondary N) is 2. The molecular formula is C24H21ClFN5O6. The van der Waals surface area contributed by atoms with Gasteiger partial charge in [-0.25, -0.2) is 9.18 Å². The van der Waals surface area contributed by atoms with Crippen molar-refractivity contribution < 1.29 is 23.6 Å². The van der Waals surface area contributed by atoms with Gasteiger partial charge in [0.1, 0.15) is 11.9 Å². The lowest BCUT2D eigenvalue weighted by molar-refractivity contribution is -0.386. The van der Waals surface area contributed by atoms with Crippen LogP contribution in [0.3, 0.4) is 0 Å². The summed E-state index contributed by atoms with van der Waals surface area (Å²) in [6, 6.07) is 10.8. The number of nitro groups is 1. The van der Waals surface area contributed by atoms with E-state index < -0.39 is 46.1 Å². The van der Waals surface area contributed by atoms with Crippen molar-refractivity contribution in [3.05, 3.63) is 92.1 Å². The van der Waals surface area contributed by atoms with Gasteiger partial charge in [0.25, 0.3) is 0 Å². The van der Waals surface area contributed by atoms with E-state index in [0.717, 1.165) is 16.7 Å². The van der Waals surface area contributed by atoms with E-state index in [2.05, 4.69) is 10.6 Å². The van der Waals surface area contributed by atoms with E-state index >= 15 is 0 Å². The Morgan fingerprint density at radius 3 is 2.54 bits per heavy atom. The summed E-state index contributed by atoms with van der Waals surface area (Å²) in [5.74, 6) is -1.51. The summed E-state index contributed by atoms with van der Waals surface area (Å²) in [5, 5.41) is 16.7. The lowest BCUT2D eigenvalue weighted by Gasteiger charge is -2.24. The van der Waals surface area contributed by atoms with Crippen LogP contribution in [0.5, 0.6) is 0 Å². The van der Waals surface area contributed by atoms with Gasteiger partial charge in [0, 0.05) is 49.1 Å². The summed E-state index contributed by atoms with van der Waals surface area (Å²) in [5.41, 5.74) is -1.26. The van der Waals surface area contributed by atoms with Crippen LogP contribution in [0.25, 0.3) is 5.69 Å². The molecule has 2 aromatic carbocycles. The molecule has 37 heavy (non-hydrogen) atoms. The van der Waals surface area contributed by atoms with Gasteiger partial charge in [-0.15, -0.1) is 0 Å². The van der Waals surface area contributed by atoms with Gasteiger partial charge in [-0.2, -0.15) is 0 Å². The highest BCUT2D eigenvalue weighted by molar-refractivity contribution is 6.30. The molecule has 0 aliphatic carbocycles. The zero-order valence-corrected chi connectivity index (χ0v) is 20.1. The molecule has 3 aromatic rings. The minimum absolute atomic E-state index is 0.0356. The second kappa shape index (κ2) is 10.8. The quantitative estimate of drug-likeness (QED) is 0.368. The number of carbonyl (C=O) groups excluding carboxylic acids is 2. The van der Waals surface area contributed by atoms with Crippen molar-refractivity contribution in [2.24, 2.45) is 0 Å². The molecule has 3 amide bonds. The molecule has 192 valence electrons. The van der Waals surface area contributed by atoms with Crippen LogP contribution in [0, 0.1) is 15.9 Å². The lowest BCUT2D eigenvalue weighted by atomic mass is 10.1. The Morgan fingerprint density at radius 2 is 1.89 bits per heavy atom. The Hall–Kier alpha value is -4.29. The van der Waals surface area contributed by atoms with Gasteiger partial charge in [-0.3, -0.25) is 24.3 Å². The summed E-state index contributed by atoms with van der Waals surface area (Å²) < 4.78 is 21.2. The molecule has 4 rings (SSSR count). The number of hydrogen-bond acceptors (Lipinski definition) is 6. The number of methoxy groups -OCH3 is 1. The standard InChI is InChI=1S/C24H21ClFN5O6/c1-37-17-12-21(30(13-17)24(34)27-15-6-4-14(25)5-7-15)22(32)28-19-9-8-16(11-18(19)26)29-10-2-3-20(23(29)33)31(35)36/h2-11,17,21H,12-13H2,1H3,(H,27,34)(H,28,32)/t17-,21-/m1/s1. The molecule has 2 heterocycles. The first-order valence-electron chi connectivity index (χ1n) is 11.0. The Morgan fingerprint density at radius 1 is 1.16 bits per heavy atom. The molecule has 0 saturated carbocycles. The van der Waals surface area contributed by atoms with Gasteiger partial charge < -0.3 is 20.3 Å². The van der Waals surface area contributed by atoms with Crippen LogP contribution >= 0.6 is 11.6 Å². The maximum atomic E-state index is 14.9. The molecule has 1 aromatic heterocycles. The summed E-state index contributed by atoms with van der Waals surface area (Å²) in [7, 11) is 1.47. The number of likely N-dealkylation sites (tertiary alicyclic amines) is 1. The molecule has 1 saturated heterocycles. The number of halogens is 2. The number of rotatable bonds is 6. The van der Waals surface area contributed by atoms with E-state index in [9.17, 15) is 28.9 Å². The number of aromatic nitrogens is 1. The second-order valence-corrected chi connectivity index (χ2v) is 8.61. The van der Waals surface area contributed by atoms with E-state index in [1.807, 2.05) is 0 Å². The number of amides is 3. The van der Waals surface area contributed by atoms with E-state index in [1.165, 1.54) is 36.4 Å². The monoisotopic (exact) mass is 529 g/mol. The number of hydrogen-bond donors (Lipinski definition) is 2. The van der Waals surface area contributed by atoms with Crippen LogP contribution in [-0.4, -0.2) is 52.1 Å². The molecular weight excluding hydrogens is 509 g/mol. The van der Waals surface area contributed by atoms with Gasteiger partial charge >= 0.3 is 17.3 Å². The smallest absolute Gasteiger partial charge is 0.334 e. The molecule has 11 nitrogen and oxygen atoms in total.